The number of piperazine rings is 1. The number of hydrogen-bond acceptors (Lipinski definition) is 5. The molecular weight excluding hydrogens is 270 g/mol. The highest BCUT2D eigenvalue weighted by Crippen LogP contribution is 2.22. The Morgan fingerprint density at radius 3 is 2.95 bits per heavy atom. The van der Waals surface area contributed by atoms with Crippen LogP contribution in [0.25, 0.3) is 10.9 Å². The van der Waals surface area contributed by atoms with Gasteiger partial charge in [-0.2, -0.15) is 0 Å². The molecule has 1 saturated heterocycles. The van der Waals surface area contributed by atoms with E-state index < -0.39 is 0 Å². The molecule has 0 aliphatic carbocycles. The Balaban J connectivity index is 2.05. The predicted octanol–water partition coefficient (Wildman–Crippen LogP) is 0.0924. The predicted molar refractivity (Wildman–Crippen MR) is 78.5 cm³/mol. The van der Waals surface area contributed by atoms with Crippen LogP contribution < -0.4 is 16.6 Å². The van der Waals surface area contributed by atoms with Crippen LogP contribution in [0.3, 0.4) is 0 Å². The first-order valence-corrected chi connectivity index (χ1v) is 6.61. The number of nitrogens with one attached hydrogen (secondary N) is 2. The molecule has 2 amide bonds. The number of carbonyl (C=O) groups is 2. The lowest BCUT2D eigenvalue weighted by molar-refractivity contribution is -0.123. The summed E-state index contributed by atoms with van der Waals surface area (Å²) in [4.78, 5) is 30.0. The minimum absolute atomic E-state index is 0.0703. The summed E-state index contributed by atoms with van der Waals surface area (Å²) < 4.78 is 0. The summed E-state index contributed by atoms with van der Waals surface area (Å²) in [6.07, 6.45) is 0. The van der Waals surface area contributed by atoms with E-state index in [9.17, 15) is 9.59 Å². The van der Waals surface area contributed by atoms with Gasteiger partial charge in [-0.1, -0.05) is 18.2 Å². The second-order valence-corrected chi connectivity index (χ2v) is 4.79. The Labute approximate surface area is 121 Å². The molecule has 3 rings (SSSR count). The number of nitrogens with two attached hydrogens (primary N) is 1. The highest BCUT2D eigenvalue weighted by Gasteiger charge is 2.24. The Bertz CT molecular complexity index is 716. The zero-order chi connectivity index (χ0) is 14.8. The first-order valence-electron chi connectivity index (χ1n) is 6.61. The molecule has 0 atom stereocenters. The molecule has 1 aromatic heterocycles. The van der Waals surface area contributed by atoms with Crippen molar-refractivity contribution in [2.24, 2.45) is 5.84 Å². The third kappa shape index (κ3) is 2.50. The molecule has 4 N–H and O–H groups in total. The molecule has 1 aliphatic heterocycles. The molecule has 108 valence electrons. The van der Waals surface area contributed by atoms with Crippen molar-refractivity contribution in [2.75, 3.05) is 25.1 Å². The van der Waals surface area contributed by atoms with E-state index in [1.165, 1.54) is 4.90 Å². The van der Waals surface area contributed by atoms with Crippen molar-refractivity contribution in [3.05, 3.63) is 35.9 Å². The van der Waals surface area contributed by atoms with E-state index in [1.807, 2.05) is 24.3 Å². The van der Waals surface area contributed by atoms with Gasteiger partial charge in [0.05, 0.1) is 17.6 Å². The molecule has 2 aromatic rings. The fourth-order valence-corrected chi connectivity index (χ4v) is 2.41. The standard InChI is InChI=1S/C14H15N5O2/c15-18-12-7-10(9-3-1-2-4-11(9)17-12)14(21)19-6-5-16-13(20)8-19/h1-4,7H,5-6,8,15H2,(H,16,20)(H,17,18). The van der Waals surface area contributed by atoms with Gasteiger partial charge in [0, 0.05) is 18.5 Å². The van der Waals surface area contributed by atoms with Gasteiger partial charge in [-0.15, -0.1) is 0 Å². The number of carbonyl (C=O) groups excluding carboxylic acids is 2. The zero-order valence-corrected chi connectivity index (χ0v) is 11.3. The summed E-state index contributed by atoms with van der Waals surface area (Å²) in [7, 11) is 0. The van der Waals surface area contributed by atoms with Crippen LogP contribution in [0.1, 0.15) is 10.4 Å². The highest BCUT2D eigenvalue weighted by molar-refractivity contribution is 6.07. The molecule has 21 heavy (non-hydrogen) atoms. The molecule has 0 saturated carbocycles. The molecular formula is C14H15N5O2. The molecule has 2 heterocycles. The summed E-state index contributed by atoms with van der Waals surface area (Å²) in [6, 6.07) is 8.95. The third-order valence-corrected chi connectivity index (χ3v) is 3.42. The molecule has 0 unspecified atom stereocenters. The van der Waals surface area contributed by atoms with Crippen molar-refractivity contribution in [2.45, 2.75) is 0 Å². The molecule has 7 heteroatoms. The van der Waals surface area contributed by atoms with Gasteiger partial charge in [-0.25, -0.2) is 10.8 Å². The summed E-state index contributed by atoms with van der Waals surface area (Å²) in [5.41, 5.74) is 3.63. The van der Waals surface area contributed by atoms with Crippen molar-refractivity contribution >= 4 is 28.5 Å². The normalized spacial score (nSPS) is 14.9. The fraction of sp³-hybridized carbons (Fsp3) is 0.214. The van der Waals surface area contributed by atoms with E-state index in [-0.39, 0.29) is 18.4 Å². The van der Waals surface area contributed by atoms with Crippen LogP contribution in [0.2, 0.25) is 0 Å². The Morgan fingerprint density at radius 1 is 1.38 bits per heavy atom. The first-order chi connectivity index (χ1) is 10.2. The maximum atomic E-state index is 12.7. The summed E-state index contributed by atoms with van der Waals surface area (Å²) in [5.74, 6) is 5.48. The first kappa shape index (κ1) is 13.3. The van der Waals surface area contributed by atoms with Crippen LogP contribution in [0.4, 0.5) is 5.82 Å². The van der Waals surface area contributed by atoms with Gasteiger partial charge in [0.15, 0.2) is 0 Å². The van der Waals surface area contributed by atoms with Crippen molar-refractivity contribution in [1.82, 2.24) is 15.2 Å². The van der Waals surface area contributed by atoms with Gasteiger partial charge in [-0.05, 0) is 12.1 Å². The number of rotatable bonds is 2. The molecule has 0 radical (unpaired) electrons. The second kappa shape index (κ2) is 5.37. The van der Waals surface area contributed by atoms with E-state index >= 15 is 0 Å². The van der Waals surface area contributed by atoms with Crippen molar-refractivity contribution < 1.29 is 9.59 Å². The number of para-hydroxylation sites is 1. The number of amides is 2. The topological polar surface area (TPSA) is 100 Å². The lowest BCUT2D eigenvalue weighted by Gasteiger charge is -2.27. The van der Waals surface area contributed by atoms with Crippen LogP contribution in [-0.4, -0.2) is 41.3 Å². The monoisotopic (exact) mass is 285 g/mol. The van der Waals surface area contributed by atoms with E-state index in [0.717, 1.165) is 5.39 Å². The summed E-state index contributed by atoms with van der Waals surface area (Å²) in [5, 5.41) is 3.44. The average Bonchev–Trinajstić information content (AvgIpc) is 2.53. The van der Waals surface area contributed by atoms with Crippen molar-refractivity contribution in [3.8, 4) is 0 Å². The number of nitrogen functional groups attached to an aromatic ring is 1. The van der Waals surface area contributed by atoms with Gasteiger partial charge >= 0.3 is 0 Å². The van der Waals surface area contributed by atoms with Crippen LogP contribution in [0.15, 0.2) is 30.3 Å². The lowest BCUT2D eigenvalue weighted by Crippen LogP contribution is -2.50. The summed E-state index contributed by atoms with van der Waals surface area (Å²) >= 11 is 0. The van der Waals surface area contributed by atoms with Crippen LogP contribution >= 0.6 is 0 Å². The van der Waals surface area contributed by atoms with Gasteiger partial charge in [0.2, 0.25) is 5.91 Å². The highest BCUT2D eigenvalue weighted by atomic mass is 16.2. The quantitative estimate of drug-likeness (QED) is 0.536. The van der Waals surface area contributed by atoms with Gasteiger partial charge in [-0.3, -0.25) is 9.59 Å². The largest absolute Gasteiger partial charge is 0.353 e. The molecule has 0 spiro atoms. The summed E-state index contributed by atoms with van der Waals surface area (Å²) in [6.45, 7) is 1.03. The Kier molecular flexibility index (Phi) is 3.41. The van der Waals surface area contributed by atoms with Crippen molar-refractivity contribution in [3.63, 3.8) is 0 Å². The zero-order valence-electron chi connectivity index (χ0n) is 11.3. The number of benzene rings is 1. The van der Waals surface area contributed by atoms with Crippen LogP contribution in [0, 0.1) is 0 Å². The molecule has 7 nitrogen and oxygen atoms in total. The van der Waals surface area contributed by atoms with E-state index in [0.29, 0.717) is 30.0 Å². The molecule has 1 fully saturated rings. The minimum atomic E-state index is -0.194. The number of pyridine rings is 1. The average molecular weight is 285 g/mol. The molecule has 1 aliphatic rings. The van der Waals surface area contributed by atoms with Crippen LogP contribution in [-0.2, 0) is 4.79 Å². The number of aromatic nitrogens is 1. The number of hydrazine groups is 1. The fourth-order valence-electron chi connectivity index (χ4n) is 2.41. The SMILES string of the molecule is NNc1cc(C(=O)N2CCNC(=O)C2)c2ccccc2n1. The number of anilines is 1. The molecule has 0 bridgehead atoms. The van der Waals surface area contributed by atoms with Crippen molar-refractivity contribution in [1.29, 1.82) is 0 Å². The van der Waals surface area contributed by atoms with E-state index in [2.05, 4.69) is 15.7 Å². The minimum Gasteiger partial charge on any atom is -0.353 e. The Morgan fingerprint density at radius 2 is 2.19 bits per heavy atom. The Hall–Kier alpha value is -2.67. The maximum absolute atomic E-state index is 12.7. The smallest absolute Gasteiger partial charge is 0.255 e. The second-order valence-electron chi connectivity index (χ2n) is 4.79. The van der Waals surface area contributed by atoms with E-state index in [1.54, 1.807) is 6.07 Å². The maximum Gasteiger partial charge on any atom is 0.255 e. The number of fused-ring (bicyclic) bond motifs is 1. The third-order valence-electron chi connectivity index (χ3n) is 3.42. The van der Waals surface area contributed by atoms with Gasteiger partial charge < -0.3 is 15.6 Å². The lowest BCUT2D eigenvalue weighted by atomic mass is 10.1. The van der Waals surface area contributed by atoms with E-state index in [4.69, 9.17) is 5.84 Å². The number of hydrogen-bond donors (Lipinski definition) is 3. The van der Waals surface area contributed by atoms with Crippen LogP contribution in [0.5, 0.6) is 0 Å². The van der Waals surface area contributed by atoms with Gasteiger partial charge in [0.25, 0.3) is 5.91 Å². The van der Waals surface area contributed by atoms with Gasteiger partial charge in [0.1, 0.15) is 5.82 Å². The molecule has 1 aromatic carbocycles. The number of nitrogens with zero attached hydrogens (tertiary/aromatic N) is 2.